The molecule has 2 atom stereocenters. The van der Waals surface area contributed by atoms with Crippen LogP contribution in [0.25, 0.3) is 0 Å². The topological polar surface area (TPSA) is 44.8 Å². The predicted molar refractivity (Wildman–Crippen MR) is 93.6 cm³/mol. The van der Waals surface area contributed by atoms with Crippen LogP contribution in [0.1, 0.15) is 32.8 Å². The number of benzene rings is 1. The van der Waals surface area contributed by atoms with Crippen molar-refractivity contribution in [3.63, 3.8) is 0 Å². The van der Waals surface area contributed by atoms with Crippen LogP contribution < -0.4 is 19.9 Å². The van der Waals surface area contributed by atoms with Crippen molar-refractivity contribution in [3.05, 3.63) is 17.7 Å². The third kappa shape index (κ3) is 3.15. The van der Waals surface area contributed by atoms with E-state index in [1.165, 1.54) is 5.56 Å². The summed E-state index contributed by atoms with van der Waals surface area (Å²) in [7, 11) is 1.73. The molecular formula is C18H27N3O2. The number of hydrogen-bond donors (Lipinski definition) is 1. The van der Waals surface area contributed by atoms with Gasteiger partial charge < -0.3 is 19.9 Å². The molecular weight excluding hydrogens is 290 g/mol. The number of rotatable bonds is 2. The number of anilines is 2. The Morgan fingerprint density at radius 2 is 1.91 bits per heavy atom. The van der Waals surface area contributed by atoms with E-state index in [0.717, 1.165) is 49.6 Å². The van der Waals surface area contributed by atoms with E-state index in [4.69, 9.17) is 4.74 Å². The van der Waals surface area contributed by atoms with Crippen LogP contribution in [0, 0.1) is 0 Å². The zero-order chi connectivity index (χ0) is 16.6. The number of carbonyl (C=O) groups is 1. The standard InChI is InChI=1S/C18H27N3O2/c1-12-10-20(11-13(2)19-12)17-9-16-15(8-18(17)23-4)6-5-7-21(16)14(3)22/h8-9,12-13,19H,5-7,10-11H2,1-4H3/t12-,13+. The molecule has 2 aliphatic rings. The van der Waals surface area contributed by atoms with Gasteiger partial charge >= 0.3 is 0 Å². The smallest absolute Gasteiger partial charge is 0.223 e. The number of hydrogen-bond acceptors (Lipinski definition) is 4. The number of aryl methyl sites for hydroxylation is 1. The zero-order valence-corrected chi connectivity index (χ0v) is 14.6. The van der Waals surface area contributed by atoms with Gasteiger partial charge in [-0.1, -0.05) is 0 Å². The first-order chi connectivity index (χ1) is 11.0. The van der Waals surface area contributed by atoms with Gasteiger partial charge in [0.15, 0.2) is 0 Å². The third-order valence-corrected chi connectivity index (χ3v) is 4.78. The Balaban J connectivity index is 2.02. The van der Waals surface area contributed by atoms with Crippen molar-refractivity contribution >= 4 is 17.3 Å². The molecule has 3 rings (SSSR count). The highest BCUT2D eigenvalue weighted by Crippen LogP contribution is 2.39. The molecule has 1 N–H and O–H groups in total. The Labute approximate surface area is 138 Å². The molecule has 1 aromatic carbocycles. The normalized spacial score (nSPS) is 24.3. The lowest BCUT2D eigenvalue weighted by molar-refractivity contribution is -0.116. The quantitative estimate of drug-likeness (QED) is 0.908. The monoisotopic (exact) mass is 317 g/mol. The molecule has 1 aromatic rings. The molecule has 0 spiro atoms. The van der Waals surface area contributed by atoms with Crippen molar-refractivity contribution in [1.82, 2.24) is 5.32 Å². The number of methoxy groups -OCH3 is 1. The molecule has 5 nitrogen and oxygen atoms in total. The van der Waals surface area contributed by atoms with Crippen molar-refractivity contribution in [2.45, 2.75) is 45.7 Å². The Kier molecular flexibility index (Phi) is 4.48. The van der Waals surface area contributed by atoms with E-state index in [-0.39, 0.29) is 5.91 Å². The van der Waals surface area contributed by atoms with Gasteiger partial charge in [-0.2, -0.15) is 0 Å². The van der Waals surface area contributed by atoms with E-state index >= 15 is 0 Å². The van der Waals surface area contributed by atoms with Gasteiger partial charge in [0.05, 0.1) is 12.8 Å². The molecule has 126 valence electrons. The van der Waals surface area contributed by atoms with E-state index in [2.05, 4.69) is 36.2 Å². The van der Waals surface area contributed by atoms with Crippen LogP contribution in [0.4, 0.5) is 11.4 Å². The van der Waals surface area contributed by atoms with Gasteiger partial charge in [0.2, 0.25) is 5.91 Å². The highest BCUT2D eigenvalue weighted by Gasteiger charge is 2.27. The second-order valence-corrected chi connectivity index (χ2v) is 6.80. The molecule has 0 aromatic heterocycles. The number of piperazine rings is 1. The Bertz CT molecular complexity index is 592. The number of nitrogens with zero attached hydrogens (tertiary/aromatic N) is 2. The number of ether oxygens (including phenoxy) is 1. The number of nitrogens with one attached hydrogen (secondary N) is 1. The molecule has 0 radical (unpaired) electrons. The molecule has 1 amide bonds. The fourth-order valence-corrected chi connectivity index (χ4v) is 3.86. The van der Waals surface area contributed by atoms with Gasteiger partial charge in [-0.15, -0.1) is 0 Å². The maximum Gasteiger partial charge on any atom is 0.223 e. The molecule has 0 aliphatic carbocycles. The molecule has 0 saturated carbocycles. The van der Waals surface area contributed by atoms with Gasteiger partial charge in [0.25, 0.3) is 0 Å². The number of fused-ring (bicyclic) bond motifs is 1. The maximum absolute atomic E-state index is 12.0. The Morgan fingerprint density at radius 3 is 2.52 bits per heavy atom. The molecule has 2 heterocycles. The van der Waals surface area contributed by atoms with Crippen molar-refractivity contribution in [2.24, 2.45) is 0 Å². The van der Waals surface area contributed by atoms with Gasteiger partial charge in [0, 0.05) is 44.3 Å². The van der Waals surface area contributed by atoms with Crippen LogP contribution in [0.3, 0.4) is 0 Å². The van der Waals surface area contributed by atoms with E-state index < -0.39 is 0 Å². The lowest BCUT2D eigenvalue weighted by Crippen LogP contribution is -2.54. The first-order valence-corrected chi connectivity index (χ1v) is 8.49. The van der Waals surface area contributed by atoms with E-state index in [1.54, 1.807) is 14.0 Å². The average molecular weight is 317 g/mol. The van der Waals surface area contributed by atoms with E-state index in [1.807, 2.05) is 4.90 Å². The summed E-state index contributed by atoms with van der Waals surface area (Å²) < 4.78 is 5.67. The Morgan fingerprint density at radius 1 is 1.22 bits per heavy atom. The van der Waals surface area contributed by atoms with Crippen LogP contribution in [-0.2, 0) is 11.2 Å². The summed E-state index contributed by atoms with van der Waals surface area (Å²) in [6, 6.07) is 5.14. The fourth-order valence-electron chi connectivity index (χ4n) is 3.86. The minimum Gasteiger partial charge on any atom is -0.495 e. The SMILES string of the molecule is COc1cc2c(cc1N1C[C@@H](C)N[C@@H](C)C1)N(C(C)=O)CCC2. The summed E-state index contributed by atoms with van der Waals surface area (Å²) in [5.74, 6) is 1.03. The first kappa shape index (κ1) is 16.1. The molecule has 0 unspecified atom stereocenters. The summed E-state index contributed by atoms with van der Waals surface area (Å²) in [5, 5.41) is 3.56. The minimum absolute atomic E-state index is 0.115. The summed E-state index contributed by atoms with van der Waals surface area (Å²) in [6.07, 6.45) is 2.01. The zero-order valence-electron chi connectivity index (χ0n) is 14.6. The minimum atomic E-state index is 0.115. The van der Waals surface area contributed by atoms with Gasteiger partial charge in [-0.3, -0.25) is 4.79 Å². The van der Waals surface area contributed by atoms with Crippen molar-refractivity contribution in [2.75, 3.05) is 36.5 Å². The maximum atomic E-state index is 12.0. The number of amides is 1. The third-order valence-electron chi connectivity index (χ3n) is 4.78. The van der Waals surface area contributed by atoms with Gasteiger partial charge in [-0.05, 0) is 44.4 Å². The molecule has 2 aliphatic heterocycles. The number of carbonyl (C=O) groups excluding carboxylic acids is 1. The fraction of sp³-hybridized carbons (Fsp3) is 0.611. The van der Waals surface area contributed by atoms with Crippen molar-refractivity contribution in [3.8, 4) is 5.75 Å². The predicted octanol–water partition coefficient (Wildman–Crippen LogP) is 2.18. The average Bonchev–Trinajstić information content (AvgIpc) is 2.51. The Hall–Kier alpha value is -1.75. The summed E-state index contributed by atoms with van der Waals surface area (Å²) >= 11 is 0. The largest absolute Gasteiger partial charge is 0.495 e. The lowest BCUT2D eigenvalue weighted by atomic mass is 9.99. The molecule has 0 bridgehead atoms. The summed E-state index contributed by atoms with van der Waals surface area (Å²) in [4.78, 5) is 16.3. The summed E-state index contributed by atoms with van der Waals surface area (Å²) in [5.41, 5.74) is 3.36. The van der Waals surface area contributed by atoms with Gasteiger partial charge in [-0.25, -0.2) is 0 Å². The van der Waals surface area contributed by atoms with E-state index in [9.17, 15) is 4.79 Å². The van der Waals surface area contributed by atoms with Crippen LogP contribution in [-0.4, -0.2) is 44.7 Å². The van der Waals surface area contributed by atoms with Crippen LogP contribution in [0.5, 0.6) is 5.75 Å². The molecule has 1 saturated heterocycles. The lowest BCUT2D eigenvalue weighted by Gasteiger charge is -2.39. The van der Waals surface area contributed by atoms with Gasteiger partial charge in [0.1, 0.15) is 5.75 Å². The second kappa shape index (κ2) is 6.40. The second-order valence-electron chi connectivity index (χ2n) is 6.80. The van der Waals surface area contributed by atoms with E-state index in [0.29, 0.717) is 12.1 Å². The van der Waals surface area contributed by atoms with Crippen LogP contribution in [0.15, 0.2) is 12.1 Å². The van der Waals surface area contributed by atoms with Crippen molar-refractivity contribution in [1.29, 1.82) is 0 Å². The first-order valence-electron chi connectivity index (χ1n) is 8.49. The van der Waals surface area contributed by atoms with Crippen LogP contribution in [0.2, 0.25) is 0 Å². The van der Waals surface area contributed by atoms with Crippen LogP contribution >= 0.6 is 0 Å². The summed E-state index contributed by atoms with van der Waals surface area (Å²) in [6.45, 7) is 8.75. The van der Waals surface area contributed by atoms with Crippen molar-refractivity contribution < 1.29 is 9.53 Å². The molecule has 1 fully saturated rings. The highest BCUT2D eigenvalue weighted by atomic mass is 16.5. The highest BCUT2D eigenvalue weighted by molar-refractivity contribution is 5.94. The molecule has 5 heteroatoms. The molecule has 23 heavy (non-hydrogen) atoms.